The zero-order chi connectivity index (χ0) is 11.3. The topological polar surface area (TPSA) is 38.3 Å². The van der Waals surface area contributed by atoms with Crippen molar-refractivity contribution in [2.24, 2.45) is 0 Å². The molecule has 0 aliphatic heterocycles. The molecular formula is C11H15NO2S. The maximum Gasteiger partial charge on any atom is 0.412 e. The highest BCUT2D eigenvalue weighted by atomic mass is 32.2. The second-order valence-corrected chi connectivity index (χ2v) is 4.03. The molecule has 1 aromatic rings. The van der Waals surface area contributed by atoms with Gasteiger partial charge < -0.3 is 10.1 Å². The van der Waals surface area contributed by atoms with E-state index >= 15 is 0 Å². The van der Waals surface area contributed by atoms with Crippen molar-refractivity contribution < 1.29 is 9.53 Å². The number of amides is 1. The molecule has 0 saturated heterocycles. The third kappa shape index (κ3) is 3.47. The van der Waals surface area contributed by atoms with Crippen LogP contribution in [-0.2, 0) is 5.75 Å². The molecule has 0 heterocycles. The summed E-state index contributed by atoms with van der Waals surface area (Å²) in [5.41, 5.74) is 2.41. The van der Waals surface area contributed by atoms with E-state index in [0.29, 0.717) is 5.75 Å². The summed E-state index contributed by atoms with van der Waals surface area (Å²) in [6.45, 7) is 2.02. The lowest BCUT2D eigenvalue weighted by molar-refractivity contribution is 0.203. The molecule has 0 aliphatic carbocycles. The van der Waals surface area contributed by atoms with Gasteiger partial charge >= 0.3 is 6.09 Å². The van der Waals surface area contributed by atoms with Crippen molar-refractivity contribution in [1.82, 2.24) is 5.32 Å². The second-order valence-electron chi connectivity index (χ2n) is 3.16. The summed E-state index contributed by atoms with van der Waals surface area (Å²) >= 11 is 1.77. The van der Waals surface area contributed by atoms with E-state index in [1.54, 1.807) is 11.8 Å². The molecule has 0 atom stereocenters. The normalized spacial score (nSPS) is 9.80. The smallest absolute Gasteiger partial charge is 0.410 e. The first-order chi connectivity index (χ1) is 7.17. The molecule has 0 spiro atoms. The average Bonchev–Trinajstić information content (AvgIpc) is 2.22. The first-order valence-electron chi connectivity index (χ1n) is 4.65. The van der Waals surface area contributed by atoms with Gasteiger partial charge in [-0.3, -0.25) is 0 Å². The monoisotopic (exact) mass is 225 g/mol. The zero-order valence-corrected chi connectivity index (χ0v) is 9.98. The van der Waals surface area contributed by atoms with Crippen LogP contribution in [0, 0.1) is 6.92 Å². The van der Waals surface area contributed by atoms with Crippen LogP contribution in [0.4, 0.5) is 4.79 Å². The summed E-state index contributed by atoms with van der Waals surface area (Å²) < 4.78 is 5.02. The predicted octanol–water partition coefficient (Wildman–Crippen LogP) is 2.58. The summed E-state index contributed by atoms with van der Waals surface area (Å²) in [6.07, 6.45) is 1.63. The zero-order valence-electron chi connectivity index (χ0n) is 9.16. The van der Waals surface area contributed by atoms with Gasteiger partial charge in [0.25, 0.3) is 0 Å². The molecule has 1 N–H and O–H groups in total. The van der Waals surface area contributed by atoms with Gasteiger partial charge in [0.15, 0.2) is 0 Å². The number of aryl methyl sites for hydroxylation is 1. The average molecular weight is 225 g/mol. The summed E-state index contributed by atoms with van der Waals surface area (Å²) in [7, 11) is 1.54. The van der Waals surface area contributed by atoms with E-state index in [1.807, 2.05) is 25.1 Å². The molecule has 0 bridgehead atoms. The fourth-order valence-electron chi connectivity index (χ4n) is 1.21. The Hall–Kier alpha value is -1.16. The van der Waals surface area contributed by atoms with Crippen molar-refractivity contribution >= 4 is 17.9 Å². The quantitative estimate of drug-likeness (QED) is 0.859. The van der Waals surface area contributed by atoms with Gasteiger partial charge in [-0.05, 0) is 36.4 Å². The molecule has 4 heteroatoms. The maximum absolute atomic E-state index is 11.0. The Kier molecular flexibility index (Phi) is 4.49. The van der Waals surface area contributed by atoms with E-state index in [1.165, 1.54) is 12.6 Å². The Balaban J connectivity index is 2.77. The number of carbonyl (C=O) groups is 1. The largest absolute Gasteiger partial charge is 0.412 e. The van der Waals surface area contributed by atoms with E-state index in [2.05, 4.69) is 11.6 Å². The Morgan fingerprint density at radius 1 is 1.53 bits per heavy atom. The highest BCUT2D eigenvalue weighted by Crippen LogP contribution is 2.20. The van der Waals surface area contributed by atoms with Crippen LogP contribution in [0.5, 0.6) is 5.75 Å². The molecule has 0 aliphatic rings. The first kappa shape index (κ1) is 11.9. The number of ether oxygens (including phenoxy) is 1. The summed E-state index contributed by atoms with van der Waals surface area (Å²) in [6, 6.07) is 5.68. The second kappa shape index (κ2) is 5.66. The van der Waals surface area contributed by atoms with Crippen molar-refractivity contribution in [1.29, 1.82) is 0 Å². The number of rotatable bonds is 3. The van der Waals surface area contributed by atoms with Crippen molar-refractivity contribution in [3.05, 3.63) is 29.3 Å². The van der Waals surface area contributed by atoms with Crippen LogP contribution in [0.25, 0.3) is 0 Å². The minimum atomic E-state index is -0.438. The van der Waals surface area contributed by atoms with Gasteiger partial charge in [-0.2, -0.15) is 11.8 Å². The van der Waals surface area contributed by atoms with Crippen molar-refractivity contribution in [2.45, 2.75) is 12.7 Å². The fraction of sp³-hybridized carbons (Fsp3) is 0.364. The Labute approximate surface area is 94.2 Å². The minimum absolute atomic E-state index is 0.438. The molecule has 1 amide bonds. The van der Waals surface area contributed by atoms with Gasteiger partial charge in [-0.1, -0.05) is 6.07 Å². The van der Waals surface area contributed by atoms with Crippen LogP contribution in [0.15, 0.2) is 18.2 Å². The van der Waals surface area contributed by atoms with Crippen LogP contribution in [0.1, 0.15) is 11.1 Å². The van der Waals surface area contributed by atoms with Crippen molar-refractivity contribution in [3.8, 4) is 5.75 Å². The SMILES string of the molecule is CNC(=O)Oc1ccc(CSC)c(C)c1. The third-order valence-corrected chi connectivity index (χ3v) is 2.63. The van der Waals surface area contributed by atoms with E-state index < -0.39 is 6.09 Å². The Bertz CT molecular complexity index is 352. The Morgan fingerprint density at radius 3 is 2.80 bits per heavy atom. The molecule has 0 aromatic heterocycles. The lowest BCUT2D eigenvalue weighted by Crippen LogP contribution is -2.22. The molecule has 15 heavy (non-hydrogen) atoms. The number of benzene rings is 1. The molecule has 1 rings (SSSR count). The van der Waals surface area contributed by atoms with Crippen LogP contribution in [0.2, 0.25) is 0 Å². The highest BCUT2D eigenvalue weighted by Gasteiger charge is 2.03. The highest BCUT2D eigenvalue weighted by molar-refractivity contribution is 7.97. The number of nitrogens with one attached hydrogen (secondary N) is 1. The van der Waals surface area contributed by atoms with Crippen molar-refractivity contribution in [3.63, 3.8) is 0 Å². The fourth-order valence-corrected chi connectivity index (χ4v) is 1.84. The molecule has 0 radical (unpaired) electrons. The lowest BCUT2D eigenvalue weighted by atomic mass is 10.1. The minimum Gasteiger partial charge on any atom is -0.410 e. The van der Waals surface area contributed by atoms with Gasteiger partial charge in [0.05, 0.1) is 0 Å². The summed E-state index contributed by atoms with van der Waals surface area (Å²) in [4.78, 5) is 11.0. The van der Waals surface area contributed by atoms with Crippen molar-refractivity contribution in [2.75, 3.05) is 13.3 Å². The summed E-state index contributed by atoms with van der Waals surface area (Å²) in [5, 5.41) is 2.41. The van der Waals surface area contributed by atoms with E-state index in [9.17, 15) is 4.79 Å². The molecule has 82 valence electrons. The van der Waals surface area contributed by atoms with Gasteiger partial charge in [-0.15, -0.1) is 0 Å². The van der Waals surface area contributed by atoms with Crippen LogP contribution >= 0.6 is 11.8 Å². The Morgan fingerprint density at radius 2 is 2.27 bits per heavy atom. The van der Waals surface area contributed by atoms with Gasteiger partial charge in [-0.25, -0.2) is 4.79 Å². The third-order valence-electron chi connectivity index (χ3n) is 2.03. The van der Waals surface area contributed by atoms with E-state index in [-0.39, 0.29) is 0 Å². The molecule has 0 fully saturated rings. The molecule has 0 unspecified atom stereocenters. The summed E-state index contributed by atoms with van der Waals surface area (Å²) in [5.74, 6) is 1.56. The molecule has 0 saturated carbocycles. The number of hydrogen-bond donors (Lipinski definition) is 1. The lowest BCUT2D eigenvalue weighted by Gasteiger charge is -2.07. The standard InChI is InChI=1S/C11H15NO2S/c1-8-6-10(14-11(13)12-2)5-4-9(8)7-15-3/h4-6H,7H2,1-3H3,(H,12,13). The maximum atomic E-state index is 11.0. The van der Waals surface area contributed by atoms with Crippen LogP contribution < -0.4 is 10.1 Å². The first-order valence-corrected chi connectivity index (χ1v) is 6.04. The number of hydrogen-bond acceptors (Lipinski definition) is 3. The van der Waals surface area contributed by atoms with Gasteiger partial charge in [0.2, 0.25) is 0 Å². The van der Waals surface area contributed by atoms with Gasteiger partial charge in [0, 0.05) is 12.8 Å². The molecule has 1 aromatic carbocycles. The van der Waals surface area contributed by atoms with Crippen LogP contribution in [0.3, 0.4) is 0 Å². The number of thioether (sulfide) groups is 1. The molecule has 3 nitrogen and oxygen atoms in total. The van der Waals surface area contributed by atoms with Crippen LogP contribution in [-0.4, -0.2) is 19.4 Å². The van der Waals surface area contributed by atoms with E-state index in [0.717, 1.165) is 11.3 Å². The number of carbonyl (C=O) groups excluding carboxylic acids is 1. The predicted molar refractivity (Wildman–Crippen MR) is 63.5 cm³/mol. The van der Waals surface area contributed by atoms with Gasteiger partial charge in [0.1, 0.15) is 5.75 Å². The van der Waals surface area contributed by atoms with E-state index in [4.69, 9.17) is 4.74 Å². The molecular weight excluding hydrogens is 210 g/mol.